The molecule has 0 aliphatic heterocycles. The fourth-order valence-electron chi connectivity index (χ4n) is 6.38. The molecule has 0 atom stereocenters. The SMILES string of the molecule is c1ccc(-c2cc(-n3c4cccnc4c4cc5c6ccccc6n(-c6ccccc6)c5nc43)cc(-c3ccccc3)n2)cc1. The van der Waals surface area contributed by atoms with E-state index in [2.05, 4.69) is 130 Å². The Balaban J connectivity index is 1.41. The summed E-state index contributed by atoms with van der Waals surface area (Å²) < 4.78 is 4.50. The standard InChI is InChI=1S/C39H25N5/c1-4-13-26(14-5-1)33-23-29(24-34(41-33)27-15-6-2-7-16-27)44-36-21-12-22-40-37(36)32-25-31-30-19-10-11-20-35(30)43(38(31)42-39(32)44)28-17-8-3-9-18-28/h1-25H. The van der Waals surface area contributed by atoms with Crippen molar-refractivity contribution in [3.63, 3.8) is 0 Å². The van der Waals surface area contributed by atoms with Crippen molar-refractivity contribution in [2.75, 3.05) is 0 Å². The van der Waals surface area contributed by atoms with E-state index < -0.39 is 0 Å². The summed E-state index contributed by atoms with van der Waals surface area (Å²) >= 11 is 0. The predicted molar refractivity (Wildman–Crippen MR) is 179 cm³/mol. The number of nitrogens with zero attached hydrogens (tertiary/aromatic N) is 5. The lowest BCUT2D eigenvalue weighted by atomic mass is 10.1. The quantitative estimate of drug-likeness (QED) is 0.214. The Hall–Kier alpha value is -6.07. The van der Waals surface area contributed by atoms with Crippen LogP contribution in [0, 0.1) is 0 Å². The summed E-state index contributed by atoms with van der Waals surface area (Å²) in [5.74, 6) is 0. The summed E-state index contributed by atoms with van der Waals surface area (Å²) in [5.41, 5.74) is 10.8. The molecule has 0 amide bonds. The lowest BCUT2D eigenvalue weighted by molar-refractivity contribution is 1.10. The van der Waals surface area contributed by atoms with Gasteiger partial charge in [0.25, 0.3) is 0 Å². The van der Waals surface area contributed by atoms with Crippen LogP contribution in [-0.4, -0.2) is 24.1 Å². The van der Waals surface area contributed by atoms with Crippen molar-refractivity contribution in [1.29, 1.82) is 0 Å². The van der Waals surface area contributed by atoms with Crippen molar-refractivity contribution >= 4 is 44.0 Å². The van der Waals surface area contributed by atoms with Gasteiger partial charge in [-0.25, -0.2) is 9.97 Å². The Labute approximate surface area is 253 Å². The van der Waals surface area contributed by atoms with E-state index in [0.717, 1.165) is 72.5 Å². The molecule has 5 heterocycles. The summed E-state index contributed by atoms with van der Waals surface area (Å²) in [4.78, 5) is 15.5. The molecule has 4 aromatic carbocycles. The normalized spacial score (nSPS) is 11.6. The van der Waals surface area contributed by atoms with E-state index in [-0.39, 0.29) is 0 Å². The van der Waals surface area contributed by atoms with E-state index in [1.165, 1.54) is 5.39 Å². The van der Waals surface area contributed by atoms with Crippen LogP contribution >= 0.6 is 0 Å². The van der Waals surface area contributed by atoms with Gasteiger partial charge in [0.05, 0.1) is 33.6 Å². The third-order valence-electron chi connectivity index (χ3n) is 8.35. The van der Waals surface area contributed by atoms with Gasteiger partial charge in [0.2, 0.25) is 0 Å². The molecule has 0 fully saturated rings. The molecule has 5 aromatic heterocycles. The fraction of sp³-hybridized carbons (Fsp3) is 0. The molecule has 206 valence electrons. The van der Waals surface area contributed by atoms with Crippen molar-refractivity contribution in [2.24, 2.45) is 0 Å². The van der Waals surface area contributed by atoms with Crippen molar-refractivity contribution in [2.45, 2.75) is 0 Å². The zero-order valence-corrected chi connectivity index (χ0v) is 23.7. The number of rotatable bonds is 4. The van der Waals surface area contributed by atoms with Crippen molar-refractivity contribution in [3.8, 4) is 33.9 Å². The number of pyridine rings is 3. The van der Waals surface area contributed by atoms with E-state index in [9.17, 15) is 0 Å². The topological polar surface area (TPSA) is 48.5 Å². The van der Waals surface area contributed by atoms with Gasteiger partial charge in [-0.3, -0.25) is 14.1 Å². The van der Waals surface area contributed by atoms with Crippen LogP contribution in [0.25, 0.3) is 77.9 Å². The number of benzene rings is 4. The Kier molecular flexibility index (Phi) is 5.43. The van der Waals surface area contributed by atoms with Crippen molar-refractivity contribution in [3.05, 3.63) is 152 Å². The number of fused-ring (bicyclic) bond motifs is 6. The highest BCUT2D eigenvalue weighted by Gasteiger charge is 2.21. The Bertz CT molecular complexity index is 2420. The molecule has 44 heavy (non-hydrogen) atoms. The Morgan fingerprint density at radius 3 is 1.68 bits per heavy atom. The van der Waals surface area contributed by atoms with Crippen LogP contribution < -0.4 is 0 Å². The zero-order chi connectivity index (χ0) is 29.0. The van der Waals surface area contributed by atoms with Gasteiger partial charge >= 0.3 is 0 Å². The van der Waals surface area contributed by atoms with Gasteiger partial charge in [-0.2, -0.15) is 0 Å². The van der Waals surface area contributed by atoms with Gasteiger partial charge in [-0.15, -0.1) is 0 Å². The lowest BCUT2D eigenvalue weighted by Gasteiger charge is -2.13. The molecule has 5 heteroatoms. The molecule has 0 N–H and O–H groups in total. The molecule has 5 nitrogen and oxygen atoms in total. The van der Waals surface area contributed by atoms with Crippen LogP contribution in [0.2, 0.25) is 0 Å². The first kappa shape index (κ1) is 24.5. The molecule has 0 aliphatic rings. The summed E-state index contributed by atoms with van der Waals surface area (Å²) in [6.45, 7) is 0. The average molecular weight is 564 g/mol. The average Bonchev–Trinajstić information content (AvgIpc) is 3.60. The monoisotopic (exact) mass is 563 g/mol. The van der Waals surface area contributed by atoms with Gasteiger partial charge in [-0.1, -0.05) is 97.1 Å². The third-order valence-corrected chi connectivity index (χ3v) is 8.35. The summed E-state index contributed by atoms with van der Waals surface area (Å²) in [7, 11) is 0. The first-order valence-electron chi connectivity index (χ1n) is 14.7. The smallest absolute Gasteiger partial charge is 0.149 e. The van der Waals surface area contributed by atoms with Gasteiger partial charge in [0.15, 0.2) is 0 Å². The van der Waals surface area contributed by atoms with E-state index >= 15 is 0 Å². The van der Waals surface area contributed by atoms with Crippen LogP contribution in [0.5, 0.6) is 0 Å². The van der Waals surface area contributed by atoms with Gasteiger partial charge in [-0.05, 0) is 48.5 Å². The van der Waals surface area contributed by atoms with Crippen LogP contribution in [-0.2, 0) is 0 Å². The zero-order valence-electron chi connectivity index (χ0n) is 23.7. The minimum absolute atomic E-state index is 0.857. The number of hydrogen-bond acceptors (Lipinski definition) is 3. The number of hydrogen-bond donors (Lipinski definition) is 0. The Morgan fingerprint density at radius 1 is 0.409 bits per heavy atom. The molecule has 9 aromatic rings. The minimum Gasteiger partial charge on any atom is -0.294 e. The van der Waals surface area contributed by atoms with Crippen LogP contribution in [0.4, 0.5) is 0 Å². The van der Waals surface area contributed by atoms with Gasteiger partial charge in [0, 0.05) is 39.2 Å². The molecule has 0 saturated heterocycles. The summed E-state index contributed by atoms with van der Waals surface area (Å²) in [5, 5.41) is 3.29. The predicted octanol–water partition coefficient (Wildman–Crippen LogP) is 9.40. The highest BCUT2D eigenvalue weighted by atomic mass is 15.1. The molecule has 0 saturated carbocycles. The second-order valence-electron chi connectivity index (χ2n) is 11.0. The van der Waals surface area contributed by atoms with Crippen LogP contribution in [0.3, 0.4) is 0 Å². The van der Waals surface area contributed by atoms with Crippen molar-refractivity contribution in [1.82, 2.24) is 24.1 Å². The van der Waals surface area contributed by atoms with E-state index in [0.29, 0.717) is 0 Å². The molecular weight excluding hydrogens is 538 g/mol. The summed E-state index contributed by atoms with van der Waals surface area (Å²) in [6, 6.07) is 50.4. The molecule has 0 aliphatic carbocycles. The first-order valence-corrected chi connectivity index (χ1v) is 14.7. The number of aromatic nitrogens is 5. The maximum Gasteiger partial charge on any atom is 0.149 e. The lowest BCUT2D eigenvalue weighted by Crippen LogP contribution is -2.00. The number of para-hydroxylation sites is 2. The molecule has 9 rings (SSSR count). The highest BCUT2D eigenvalue weighted by molar-refractivity contribution is 6.15. The molecule has 0 unspecified atom stereocenters. The third kappa shape index (κ3) is 3.76. The highest BCUT2D eigenvalue weighted by Crippen LogP contribution is 2.38. The first-order chi connectivity index (χ1) is 21.8. The fourth-order valence-corrected chi connectivity index (χ4v) is 6.38. The van der Waals surface area contributed by atoms with E-state index in [1.54, 1.807) is 0 Å². The van der Waals surface area contributed by atoms with E-state index in [4.69, 9.17) is 15.0 Å². The molecule has 0 spiro atoms. The van der Waals surface area contributed by atoms with Crippen molar-refractivity contribution < 1.29 is 0 Å². The van der Waals surface area contributed by atoms with Crippen LogP contribution in [0.1, 0.15) is 0 Å². The maximum atomic E-state index is 5.48. The molecule has 0 radical (unpaired) electrons. The molecular formula is C39H25N5. The largest absolute Gasteiger partial charge is 0.294 e. The molecule has 0 bridgehead atoms. The second-order valence-corrected chi connectivity index (χ2v) is 11.0. The van der Waals surface area contributed by atoms with Gasteiger partial charge in [0.1, 0.15) is 11.3 Å². The Morgan fingerprint density at radius 2 is 0.977 bits per heavy atom. The van der Waals surface area contributed by atoms with Gasteiger partial charge < -0.3 is 0 Å². The van der Waals surface area contributed by atoms with E-state index in [1.807, 2.05) is 30.5 Å². The van der Waals surface area contributed by atoms with Crippen LogP contribution in [0.15, 0.2) is 152 Å². The second kappa shape index (κ2) is 9.75. The minimum atomic E-state index is 0.857. The summed E-state index contributed by atoms with van der Waals surface area (Å²) in [6.07, 6.45) is 1.86. The maximum absolute atomic E-state index is 5.48.